The van der Waals surface area contributed by atoms with Crippen molar-refractivity contribution >= 4 is 21.7 Å². The van der Waals surface area contributed by atoms with Crippen LogP contribution in [0.15, 0.2) is 23.1 Å². The van der Waals surface area contributed by atoms with Crippen molar-refractivity contribution in [3.63, 3.8) is 0 Å². The molecule has 0 saturated heterocycles. The highest BCUT2D eigenvalue weighted by atomic mass is 32.2. The summed E-state index contributed by atoms with van der Waals surface area (Å²) in [7, 11) is -4.29. The topological polar surface area (TPSA) is 116 Å². The Morgan fingerprint density at radius 1 is 1.48 bits per heavy atom. The van der Waals surface area contributed by atoms with Crippen LogP contribution < -0.4 is 4.72 Å². The quantitative estimate of drug-likeness (QED) is 0.454. The Labute approximate surface area is 120 Å². The van der Waals surface area contributed by atoms with E-state index in [1.165, 1.54) is 0 Å². The molecule has 1 N–H and O–H groups in total. The summed E-state index contributed by atoms with van der Waals surface area (Å²) in [6.45, 7) is 1.45. The lowest BCUT2D eigenvalue weighted by atomic mass is 10.3. The number of nitro benzene ring substituents is 1. The monoisotopic (exact) mass is 320 g/mol. The molecule has 8 nitrogen and oxygen atoms in total. The number of nitro groups is 1. The van der Waals surface area contributed by atoms with Gasteiger partial charge in [-0.3, -0.25) is 14.9 Å². The first-order chi connectivity index (χ1) is 9.77. The SMILES string of the molecule is CCOC(=O)CCNS(=O)(=O)c1cc([N+](=O)[O-])ccc1F. The van der Waals surface area contributed by atoms with Gasteiger partial charge in [0.25, 0.3) is 5.69 Å². The molecule has 0 spiro atoms. The number of ether oxygens (including phenoxy) is 1. The van der Waals surface area contributed by atoms with Crippen LogP contribution in [0.25, 0.3) is 0 Å². The van der Waals surface area contributed by atoms with Gasteiger partial charge in [-0.1, -0.05) is 0 Å². The number of carbonyl (C=O) groups excluding carboxylic acids is 1. The van der Waals surface area contributed by atoms with Crippen LogP contribution in [0, 0.1) is 15.9 Å². The normalized spacial score (nSPS) is 11.1. The fourth-order valence-electron chi connectivity index (χ4n) is 1.41. The van der Waals surface area contributed by atoms with Crippen LogP contribution in [0.1, 0.15) is 13.3 Å². The van der Waals surface area contributed by atoms with E-state index in [2.05, 4.69) is 4.74 Å². The van der Waals surface area contributed by atoms with Gasteiger partial charge in [0.2, 0.25) is 10.0 Å². The number of sulfonamides is 1. The van der Waals surface area contributed by atoms with Crippen molar-refractivity contribution in [2.24, 2.45) is 0 Å². The molecule has 0 saturated carbocycles. The first kappa shape index (κ1) is 17.0. The molecule has 0 amide bonds. The summed E-state index contributed by atoms with van der Waals surface area (Å²) in [5.41, 5.74) is -0.554. The summed E-state index contributed by atoms with van der Waals surface area (Å²) >= 11 is 0. The van der Waals surface area contributed by atoms with E-state index in [1.54, 1.807) is 6.92 Å². The van der Waals surface area contributed by atoms with Gasteiger partial charge in [-0.2, -0.15) is 0 Å². The molecule has 0 fully saturated rings. The van der Waals surface area contributed by atoms with Gasteiger partial charge in [0.05, 0.1) is 18.0 Å². The molecule has 0 aromatic heterocycles. The number of hydrogen-bond acceptors (Lipinski definition) is 6. The minimum atomic E-state index is -4.29. The maximum Gasteiger partial charge on any atom is 0.307 e. The number of esters is 1. The van der Waals surface area contributed by atoms with Crippen molar-refractivity contribution in [2.75, 3.05) is 13.2 Å². The number of benzene rings is 1. The summed E-state index contributed by atoms with van der Waals surface area (Å²) in [5, 5.41) is 10.6. The average Bonchev–Trinajstić information content (AvgIpc) is 2.38. The Bertz CT molecular complexity index is 646. The number of hydrogen-bond donors (Lipinski definition) is 1. The molecule has 1 rings (SSSR count). The Morgan fingerprint density at radius 3 is 2.71 bits per heavy atom. The molecule has 116 valence electrons. The van der Waals surface area contributed by atoms with Crippen molar-refractivity contribution in [1.29, 1.82) is 0 Å². The summed E-state index contributed by atoms with van der Waals surface area (Å²) in [4.78, 5) is 19.9. The lowest BCUT2D eigenvalue weighted by molar-refractivity contribution is -0.385. The highest BCUT2D eigenvalue weighted by molar-refractivity contribution is 7.89. The van der Waals surface area contributed by atoms with Crippen LogP contribution in [0.4, 0.5) is 10.1 Å². The summed E-state index contributed by atoms with van der Waals surface area (Å²) in [6.07, 6.45) is -0.233. The number of non-ortho nitro benzene ring substituents is 1. The number of rotatable bonds is 7. The number of nitrogens with one attached hydrogen (secondary N) is 1. The van der Waals surface area contributed by atoms with Gasteiger partial charge in [-0.15, -0.1) is 0 Å². The van der Waals surface area contributed by atoms with Crippen molar-refractivity contribution in [3.05, 3.63) is 34.1 Å². The molecular formula is C11H13FN2O6S. The predicted octanol–water partition coefficient (Wildman–Crippen LogP) is 0.965. The highest BCUT2D eigenvalue weighted by Gasteiger charge is 2.22. The van der Waals surface area contributed by atoms with Gasteiger partial charge < -0.3 is 4.74 Å². The second kappa shape index (κ2) is 7.09. The van der Waals surface area contributed by atoms with E-state index in [0.717, 1.165) is 6.07 Å². The van der Waals surface area contributed by atoms with Gasteiger partial charge in [0, 0.05) is 18.7 Å². The molecule has 10 heteroatoms. The highest BCUT2D eigenvalue weighted by Crippen LogP contribution is 2.20. The second-order valence-corrected chi connectivity index (χ2v) is 5.56. The molecule has 1 aromatic rings. The summed E-state index contributed by atoms with van der Waals surface area (Å²) in [6, 6.07) is 2.16. The smallest absolute Gasteiger partial charge is 0.307 e. The summed E-state index contributed by atoms with van der Waals surface area (Å²) < 4.78 is 43.8. The lowest BCUT2D eigenvalue weighted by Crippen LogP contribution is -2.27. The van der Waals surface area contributed by atoms with E-state index in [9.17, 15) is 27.7 Å². The van der Waals surface area contributed by atoms with Crippen LogP contribution >= 0.6 is 0 Å². The molecule has 0 bridgehead atoms. The molecule has 0 radical (unpaired) electrons. The van der Waals surface area contributed by atoms with Gasteiger partial charge in [0.15, 0.2) is 0 Å². The zero-order chi connectivity index (χ0) is 16.0. The largest absolute Gasteiger partial charge is 0.466 e. The Kier molecular flexibility index (Phi) is 5.73. The maximum absolute atomic E-state index is 13.5. The fraction of sp³-hybridized carbons (Fsp3) is 0.364. The van der Waals surface area contributed by atoms with E-state index in [0.29, 0.717) is 12.1 Å². The number of carbonyl (C=O) groups is 1. The lowest BCUT2D eigenvalue weighted by Gasteiger charge is -2.07. The standard InChI is InChI=1S/C11H13FN2O6S/c1-2-20-11(15)5-6-13-21(18,19)10-7-8(14(16)17)3-4-9(10)12/h3-4,7,13H,2,5-6H2,1H3. The van der Waals surface area contributed by atoms with Crippen molar-refractivity contribution in [2.45, 2.75) is 18.2 Å². The molecule has 0 unspecified atom stereocenters. The van der Waals surface area contributed by atoms with Crippen molar-refractivity contribution in [1.82, 2.24) is 4.72 Å². The third-order valence-corrected chi connectivity index (χ3v) is 3.82. The van der Waals surface area contributed by atoms with Crippen LogP contribution in [0.2, 0.25) is 0 Å². The van der Waals surface area contributed by atoms with E-state index in [-0.39, 0.29) is 19.6 Å². The second-order valence-electron chi connectivity index (χ2n) is 3.82. The number of halogens is 1. The van der Waals surface area contributed by atoms with E-state index < -0.39 is 37.3 Å². The maximum atomic E-state index is 13.5. The molecule has 0 aliphatic carbocycles. The van der Waals surface area contributed by atoms with Crippen LogP contribution in [-0.4, -0.2) is 32.5 Å². The predicted molar refractivity (Wildman–Crippen MR) is 69.5 cm³/mol. The minimum absolute atomic E-state index is 0.158. The Hall–Kier alpha value is -2.07. The fourth-order valence-corrected chi connectivity index (χ4v) is 2.54. The molecule has 1 aromatic carbocycles. The first-order valence-corrected chi connectivity index (χ1v) is 7.35. The van der Waals surface area contributed by atoms with Crippen LogP contribution in [0.5, 0.6) is 0 Å². The van der Waals surface area contributed by atoms with E-state index in [1.807, 2.05) is 4.72 Å². The molecule has 0 aliphatic rings. The minimum Gasteiger partial charge on any atom is -0.466 e. The van der Waals surface area contributed by atoms with Gasteiger partial charge in [0.1, 0.15) is 10.7 Å². The molecule has 21 heavy (non-hydrogen) atoms. The third-order valence-electron chi connectivity index (χ3n) is 2.34. The molecule has 0 aliphatic heterocycles. The zero-order valence-electron chi connectivity index (χ0n) is 11.0. The first-order valence-electron chi connectivity index (χ1n) is 5.87. The molecular weight excluding hydrogens is 307 g/mol. The zero-order valence-corrected chi connectivity index (χ0v) is 11.9. The van der Waals surface area contributed by atoms with E-state index >= 15 is 0 Å². The van der Waals surface area contributed by atoms with Crippen molar-refractivity contribution < 1.29 is 27.3 Å². The molecule has 0 heterocycles. The number of nitrogens with zero attached hydrogens (tertiary/aromatic N) is 1. The van der Waals surface area contributed by atoms with Gasteiger partial charge in [-0.05, 0) is 13.0 Å². The van der Waals surface area contributed by atoms with Gasteiger partial charge in [-0.25, -0.2) is 17.5 Å². The molecule has 0 atom stereocenters. The van der Waals surface area contributed by atoms with Crippen LogP contribution in [0.3, 0.4) is 0 Å². The average molecular weight is 320 g/mol. The van der Waals surface area contributed by atoms with Crippen molar-refractivity contribution in [3.8, 4) is 0 Å². The Balaban J connectivity index is 2.85. The Morgan fingerprint density at radius 2 is 2.14 bits per heavy atom. The van der Waals surface area contributed by atoms with Gasteiger partial charge >= 0.3 is 5.97 Å². The summed E-state index contributed by atoms with van der Waals surface area (Å²) in [5.74, 6) is -1.73. The third kappa shape index (κ3) is 4.76. The van der Waals surface area contributed by atoms with Crippen LogP contribution in [-0.2, 0) is 19.6 Å². The van der Waals surface area contributed by atoms with E-state index in [4.69, 9.17) is 0 Å².